The van der Waals surface area contributed by atoms with Crippen molar-refractivity contribution < 1.29 is 33.6 Å². The van der Waals surface area contributed by atoms with Gasteiger partial charge in [0, 0.05) is 5.69 Å². The van der Waals surface area contributed by atoms with E-state index in [0.717, 1.165) is 0 Å². The molecule has 0 aromatic heterocycles. The van der Waals surface area contributed by atoms with Crippen LogP contribution in [0.1, 0.15) is 12.5 Å². The highest BCUT2D eigenvalue weighted by Crippen LogP contribution is 2.38. The number of hydrogen-bond acceptors (Lipinski definition) is 8. The molecule has 0 aliphatic carbocycles. The molecule has 0 fully saturated rings. The van der Waals surface area contributed by atoms with E-state index in [0.29, 0.717) is 11.3 Å². The van der Waals surface area contributed by atoms with Crippen molar-refractivity contribution in [1.29, 1.82) is 0 Å². The Morgan fingerprint density at radius 2 is 1.77 bits per heavy atom. The third-order valence-electron chi connectivity index (χ3n) is 4.20. The average molecular weight is 411 g/mol. The van der Waals surface area contributed by atoms with Crippen molar-refractivity contribution in [3.63, 3.8) is 0 Å². The molecule has 1 aliphatic heterocycles. The van der Waals surface area contributed by atoms with Crippen molar-refractivity contribution in [1.82, 2.24) is 0 Å². The Morgan fingerprint density at radius 1 is 1.13 bits per heavy atom. The van der Waals surface area contributed by atoms with Crippen LogP contribution in [-0.2, 0) is 19.1 Å². The van der Waals surface area contributed by atoms with E-state index in [9.17, 15) is 14.7 Å². The van der Waals surface area contributed by atoms with Gasteiger partial charge in [0.25, 0.3) is 0 Å². The number of Topliss-reactive ketones (excluding diaryl/α,β-unsaturated/α-hetero) is 1. The van der Waals surface area contributed by atoms with Gasteiger partial charge in [-0.05, 0) is 42.8 Å². The monoisotopic (exact) mass is 411 g/mol. The second-order valence-electron chi connectivity index (χ2n) is 6.13. The van der Waals surface area contributed by atoms with E-state index in [1.54, 1.807) is 31.2 Å². The number of carbonyl (C=O) groups is 2. The maximum atomic E-state index is 12.9. The molecule has 0 radical (unpaired) electrons. The average Bonchev–Trinajstić information content (AvgIpc) is 3.04. The van der Waals surface area contributed by atoms with Gasteiger partial charge in [0.15, 0.2) is 22.8 Å². The third kappa shape index (κ3) is 4.22. The first-order chi connectivity index (χ1) is 14.5. The lowest BCUT2D eigenvalue weighted by Crippen LogP contribution is -2.16. The Balaban J connectivity index is 1.99. The zero-order valence-corrected chi connectivity index (χ0v) is 16.7. The number of hydrogen-bond donors (Lipinski definition) is 2. The lowest BCUT2D eigenvalue weighted by atomic mass is 10.1. The van der Waals surface area contributed by atoms with E-state index in [1.165, 1.54) is 32.4 Å². The van der Waals surface area contributed by atoms with E-state index >= 15 is 0 Å². The summed E-state index contributed by atoms with van der Waals surface area (Å²) in [5.41, 5.74) is 0.870. The number of nitrogens with one attached hydrogen (secondary N) is 1. The van der Waals surface area contributed by atoms with E-state index in [-0.39, 0.29) is 41.1 Å². The highest BCUT2D eigenvalue weighted by molar-refractivity contribution is 6.26. The Kier molecular flexibility index (Phi) is 6.26. The Labute approximate surface area is 173 Å². The first-order valence-corrected chi connectivity index (χ1v) is 9.11. The number of ketones is 1. The van der Waals surface area contributed by atoms with E-state index in [1.807, 2.05) is 6.07 Å². The normalized spacial score (nSPS) is 14.5. The third-order valence-corrected chi connectivity index (χ3v) is 4.20. The summed E-state index contributed by atoms with van der Waals surface area (Å²) in [4.78, 5) is 25.3. The van der Waals surface area contributed by atoms with E-state index in [4.69, 9.17) is 18.9 Å². The summed E-state index contributed by atoms with van der Waals surface area (Å²) in [5.74, 6) is -1.37. The fraction of sp³-hybridized carbons (Fsp3) is 0.182. The van der Waals surface area contributed by atoms with Crippen molar-refractivity contribution >= 4 is 23.5 Å². The minimum absolute atomic E-state index is 0.0198. The predicted octanol–water partition coefficient (Wildman–Crippen LogP) is 3.24. The van der Waals surface area contributed by atoms with Gasteiger partial charge in [-0.1, -0.05) is 18.2 Å². The van der Waals surface area contributed by atoms with Gasteiger partial charge in [-0.25, -0.2) is 4.79 Å². The summed E-state index contributed by atoms with van der Waals surface area (Å²) < 4.78 is 20.9. The standard InChI is InChI=1S/C22H21NO7/c1-4-29-22(26)18-20(25)17(30-21(18)23-14-8-6-5-7-9-14)12-13-10-15(27-2)19(24)16(11-13)28-3/h5-12,23-24H,4H2,1-3H3/b17-12+. The smallest absolute Gasteiger partial charge is 0.347 e. The van der Waals surface area contributed by atoms with E-state index < -0.39 is 11.8 Å². The van der Waals surface area contributed by atoms with Crippen LogP contribution in [-0.4, -0.2) is 37.7 Å². The fourth-order valence-corrected chi connectivity index (χ4v) is 2.81. The molecular formula is C22H21NO7. The molecule has 8 heteroatoms. The van der Waals surface area contributed by atoms with Crippen LogP contribution >= 0.6 is 0 Å². The number of aromatic hydroxyl groups is 1. The minimum Gasteiger partial charge on any atom is -0.502 e. The zero-order valence-electron chi connectivity index (χ0n) is 16.7. The number of anilines is 1. The largest absolute Gasteiger partial charge is 0.502 e. The lowest BCUT2D eigenvalue weighted by Gasteiger charge is -2.10. The van der Waals surface area contributed by atoms with Gasteiger partial charge in [-0.3, -0.25) is 4.79 Å². The summed E-state index contributed by atoms with van der Waals surface area (Å²) in [5, 5.41) is 13.0. The maximum Gasteiger partial charge on any atom is 0.347 e. The summed E-state index contributed by atoms with van der Waals surface area (Å²) in [6.45, 7) is 1.76. The van der Waals surface area contributed by atoms with Gasteiger partial charge >= 0.3 is 5.97 Å². The predicted molar refractivity (Wildman–Crippen MR) is 109 cm³/mol. The van der Waals surface area contributed by atoms with Crippen molar-refractivity contribution in [2.45, 2.75) is 6.92 Å². The van der Waals surface area contributed by atoms with E-state index in [2.05, 4.69) is 5.32 Å². The fourth-order valence-electron chi connectivity index (χ4n) is 2.81. The Morgan fingerprint density at radius 3 is 2.33 bits per heavy atom. The first kappa shape index (κ1) is 20.8. The SMILES string of the molecule is CCOC(=O)C1=C(Nc2ccccc2)O/C(=C/c2cc(OC)c(O)c(OC)c2)C1=O. The molecule has 0 atom stereocenters. The van der Waals surface area contributed by atoms with Gasteiger partial charge in [-0.2, -0.15) is 0 Å². The van der Waals surface area contributed by atoms with Crippen LogP contribution in [0.25, 0.3) is 6.08 Å². The molecule has 0 bridgehead atoms. The zero-order chi connectivity index (χ0) is 21.7. The summed E-state index contributed by atoms with van der Waals surface area (Å²) in [6.07, 6.45) is 1.42. The number of rotatable bonds is 7. The molecule has 0 saturated heterocycles. The summed E-state index contributed by atoms with van der Waals surface area (Å²) in [7, 11) is 2.79. The van der Waals surface area contributed by atoms with Crippen molar-refractivity contribution in [3.8, 4) is 17.2 Å². The number of carbonyl (C=O) groups excluding carboxylic acids is 2. The number of phenols is 1. The molecule has 3 rings (SSSR count). The van der Waals surface area contributed by atoms with Crippen LogP contribution < -0.4 is 14.8 Å². The van der Waals surface area contributed by atoms with Crippen LogP contribution in [0.3, 0.4) is 0 Å². The molecule has 2 aromatic carbocycles. The first-order valence-electron chi connectivity index (χ1n) is 9.11. The lowest BCUT2D eigenvalue weighted by molar-refractivity contribution is -0.139. The molecule has 1 heterocycles. The maximum absolute atomic E-state index is 12.9. The second-order valence-corrected chi connectivity index (χ2v) is 6.13. The van der Waals surface area contributed by atoms with Gasteiger partial charge in [0.2, 0.25) is 17.4 Å². The van der Waals surface area contributed by atoms with Gasteiger partial charge in [-0.15, -0.1) is 0 Å². The Hall–Kier alpha value is -3.94. The molecule has 1 aliphatic rings. The molecule has 0 spiro atoms. The van der Waals surface area contributed by atoms with Crippen LogP contribution in [0.4, 0.5) is 5.69 Å². The Bertz CT molecular complexity index is 1000. The van der Waals surface area contributed by atoms with Crippen LogP contribution in [0.2, 0.25) is 0 Å². The minimum atomic E-state index is -0.787. The van der Waals surface area contributed by atoms with Gasteiger partial charge in [0.1, 0.15) is 0 Å². The summed E-state index contributed by atoms with van der Waals surface area (Å²) >= 11 is 0. The molecule has 2 aromatic rings. The van der Waals surface area contributed by atoms with Crippen molar-refractivity contribution in [3.05, 3.63) is 65.2 Å². The molecule has 0 amide bonds. The molecule has 8 nitrogen and oxygen atoms in total. The van der Waals surface area contributed by atoms with Crippen LogP contribution in [0.5, 0.6) is 17.2 Å². The van der Waals surface area contributed by atoms with Gasteiger partial charge in [0.05, 0.1) is 20.8 Å². The highest BCUT2D eigenvalue weighted by atomic mass is 16.5. The second kappa shape index (κ2) is 9.04. The highest BCUT2D eigenvalue weighted by Gasteiger charge is 2.37. The number of esters is 1. The van der Waals surface area contributed by atoms with Gasteiger partial charge < -0.3 is 29.4 Å². The van der Waals surface area contributed by atoms with Crippen molar-refractivity contribution in [2.24, 2.45) is 0 Å². The molecule has 0 saturated carbocycles. The number of ether oxygens (including phenoxy) is 4. The quantitative estimate of drug-likeness (QED) is 0.407. The number of para-hydroxylation sites is 1. The molecular weight excluding hydrogens is 390 g/mol. The number of methoxy groups -OCH3 is 2. The van der Waals surface area contributed by atoms with Crippen LogP contribution in [0.15, 0.2) is 59.7 Å². The summed E-state index contributed by atoms with van der Waals surface area (Å²) in [6, 6.07) is 12.0. The molecule has 0 unspecified atom stereocenters. The molecule has 30 heavy (non-hydrogen) atoms. The molecule has 156 valence electrons. The number of benzene rings is 2. The number of phenolic OH excluding ortho intramolecular Hbond substituents is 1. The number of allylic oxidation sites excluding steroid dienone is 1. The molecule has 2 N–H and O–H groups in total. The van der Waals surface area contributed by atoms with Crippen LogP contribution in [0, 0.1) is 0 Å². The topological polar surface area (TPSA) is 103 Å². The van der Waals surface area contributed by atoms with Crippen molar-refractivity contribution in [2.75, 3.05) is 26.1 Å².